The monoisotopic (exact) mass is 349 g/mol. The molecule has 1 aliphatic heterocycles. The van der Waals surface area contributed by atoms with Crippen LogP contribution in [0.25, 0.3) is 0 Å². The largest absolute Gasteiger partial charge is 0.381 e. The Hall–Kier alpha value is -1.24. The van der Waals surface area contributed by atoms with Crippen molar-refractivity contribution in [2.75, 3.05) is 57.4 Å². The molecule has 1 aromatic rings. The standard InChI is InChI=1S/C19H35N5O/c1-4-18(3)20-7-5-13-25-14-6-8-23-9-11-24(12-10-23)19-21-15-17(2)16-22-19/h15-16,18,20H,4-14H2,1-3H3. The van der Waals surface area contributed by atoms with Crippen molar-refractivity contribution in [3.63, 3.8) is 0 Å². The fourth-order valence-corrected chi connectivity index (χ4v) is 2.88. The second-order valence-corrected chi connectivity index (χ2v) is 6.97. The number of anilines is 1. The van der Waals surface area contributed by atoms with Gasteiger partial charge < -0.3 is 15.0 Å². The van der Waals surface area contributed by atoms with Crippen molar-refractivity contribution in [3.05, 3.63) is 18.0 Å². The van der Waals surface area contributed by atoms with E-state index in [1.165, 1.54) is 6.42 Å². The van der Waals surface area contributed by atoms with Gasteiger partial charge >= 0.3 is 0 Å². The zero-order valence-electron chi connectivity index (χ0n) is 16.2. The minimum atomic E-state index is 0.615. The number of piperazine rings is 1. The molecule has 25 heavy (non-hydrogen) atoms. The molecule has 1 aromatic heterocycles. The fraction of sp³-hybridized carbons (Fsp3) is 0.789. The molecule has 1 saturated heterocycles. The summed E-state index contributed by atoms with van der Waals surface area (Å²) in [7, 11) is 0. The Balaban J connectivity index is 1.48. The molecule has 1 unspecified atom stereocenters. The summed E-state index contributed by atoms with van der Waals surface area (Å²) in [5.74, 6) is 0.861. The normalized spacial score (nSPS) is 17.0. The first-order valence-corrected chi connectivity index (χ1v) is 9.76. The number of hydrogen-bond donors (Lipinski definition) is 1. The molecule has 2 heterocycles. The highest BCUT2D eigenvalue weighted by Gasteiger charge is 2.18. The molecule has 0 aromatic carbocycles. The Labute approximate surface area is 153 Å². The first-order valence-electron chi connectivity index (χ1n) is 9.76. The van der Waals surface area contributed by atoms with E-state index >= 15 is 0 Å². The van der Waals surface area contributed by atoms with Crippen LogP contribution in [0.5, 0.6) is 0 Å². The van der Waals surface area contributed by atoms with Crippen LogP contribution in [0.4, 0.5) is 5.95 Å². The topological polar surface area (TPSA) is 53.5 Å². The summed E-state index contributed by atoms with van der Waals surface area (Å²) in [6, 6.07) is 0.615. The maximum Gasteiger partial charge on any atom is 0.225 e. The van der Waals surface area contributed by atoms with Gasteiger partial charge in [-0.15, -0.1) is 0 Å². The number of rotatable bonds is 11. The van der Waals surface area contributed by atoms with E-state index in [0.717, 1.165) is 76.8 Å². The lowest BCUT2D eigenvalue weighted by molar-refractivity contribution is 0.117. The fourth-order valence-electron chi connectivity index (χ4n) is 2.88. The summed E-state index contributed by atoms with van der Waals surface area (Å²) in [4.78, 5) is 13.6. The van der Waals surface area contributed by atoms with Crippen LogP contribution >= 0.6 is 0 Å². The highest BCUT2D eigenvalue weighted by Crippen LogP contribution is 2.10. The third-order valence-electron chi connectivity index (χ3n) is 4.76. The Bertz CT molecular complexity index is 459. The molecule has 142 valence electrons. The van der Waals surface area contributed by atoms with Crippen LogP contribution in [0, 0.1) is 6.92 Å². The predicted octanol–water partition coefficient (Wildman–Crippen LogP) is 2.09. The number of ether oxygens (including phenoxy) is 1. The van der Waals surface area contributed by atoms with Crippen molar-refractivity contribution in [2.45, 2.75) is 46.1 Å². The van der Waals surface area contributed by atoms with Crippen LogP contribution in [0.2, 0.25) is 0 Å². The summed E-state index contributed by atoms with van der Waals surface area (Å²) in [6.45, 7) is 14.5. The van der Waals surface area contributed by atoms with Gasteiger partial charge in [-0.2, -0.15) is 0 Å². The van der Waals surface area contributed by atoms with Crippen molar-refractivity contribution >= 4 is 5.95 Å². The third kappa shape index (κ3) is 7.67. The number of nitrogens with zero attached hydrogens (tertiary/aromatic N) is 4. The summed E-state index contributed by atoms with van der Waals surface area (Å²) in [5, 5.41) is 3.49. The van der Waals surface area contributed by atoms with Crippen LogP contribution in [0.1, 0.15) is 38.7 Å². The summed E-state index contributed by atoms with van der Waals surface area (Å²) >= 11 is 0. The van der Waals surface area contributed by atoms with Crippen molar-refractivity contribution < 1.29 is 4.74 Å². The van der Waals surface area contributed by atoms with Crippen molar-refractivity contribution in [3.8, 4) is 0 Å². The van der Waals surface area contributed by atoms with E-state index in [4.69, 9.17) is 4.74 Å². The minimum Gasteiger partial charge on any atom is -0.381 e. The number of hydrogen-bond acceptors (Lipinski definition) is 6. The molecule has 1 N–H and O–H groups in total. The van der Waals surface area contributed by atoms with Gasteiger partial charge in [0.15, 0.2) is 0 Å². The minimum absolute atomic E-state index is 0.615. The van der Waals surface area contributed by atoms with E-state index in [2.05, 4.69) is 38.9 Å². The molecule has 1 atom stereocenters. The second-order valence-electron chi connectivity index (χ2n) is 6.97. The summed E-state index contributed by atoms with van der Waals surface area (Å²) < 4.78 is 5.74. The highest BCUT2D eigenvalue weighted by atomic mass is 16.5. The number of nitrogens with one attached hydrogen (secondary N) is 1. The maximum atomic E-state index is 5.74. The van der Waals surface area contributed by atoms with Crippen LogP contribution in [-0.2, 0) is 4.74 Å². The van der Waals surface area contributed by atoms with Crippen molar-refractivity contribution in [2.24, 2.45) is 0 Å². The van der Waals surface area contributed by atoms with Gasteiger partial charge in [0, 0.05) is 64.4 Å². The van der Waals surface area contributed by atoms with Crippen LogP contribution in [-0.4, -0.2) is 73.4 Å². The van der Waals surface area contributed by atoms with Gasteiger partial charge in [-0.3, -0.25) is 4.90 Å². The van der Waals surface area contributed by atoms with Gasteiger partial charge in [-0.1, -0.05) is 6.92 Å². The Morgan fingerprint density at radius 2 is 1.80 bits per heavy atom. The van der Waals surface area contributed by atoms with Gasteiger partial charge in [0.05, 0.1) is 0 Å². The zero-order valence-corrected chi connectivity index (χ0v) is 16.2. The Morgan fingerprint density at radius 1 is 1.12 bits per heavy atom. The van der Waals surface area contributed by atoms with Gasteiger partial charge in [-0.25, -0.2) is 9.97 Å². The van der Waals surface area contributed by atoms with E-state index in [1.54, 1.807) is 0 Å². The SMILES string of the molecule is CCC(C)NCCCOCCCN1CCN(c2ncc(C)cn2)CC1. The summed E-state index contributed by atoms with van der Waals surface area (Å²) in [6.07, 6.45) is 7.18. The molecular weight excluding hydrogens is 314 g/mol. The molecule has 0 amide bonds. The predicted molar refractivity (Wildman–Crippen MR) is 103 cm³/mol. The lowest BCUT2D eigenvalue weighted by atomic mass is 10.2. The third-order valence-corrected chi connectivity index (χ3v) is 4.76. The first kappa shape index (κ1) is 20.1. The van der Waals surface area contributed by atoms with E-state index < -0.39 is 0 Å². The molecule has 0 bridgehead atoms. The molecule has 6 nitrogen and oxygen atoms in total. The van der Waals surface area contributed by atoms with E-state index in [1.807, 2.05) is 19.3 Å². The molecule has 0 spiro atoms. The molecule has 1 aliphatic rings. The Morgan fingerprint density at radius 3 is 2.48 bits per heavy atom. The molecule has 0 saturated carbocycles. The second kappa shape index (κ2) is 11.4. The van der Waals surface area contributed by atoms with Crippen LogP contribution < -0.4 is 10.2 Å². The quantitative estimate of drug-likeness (QED) is 0.618. The molecular formula is C19H35N5O. The molecule has 1 fully saturated rings. The van der Waals surface area contributed by atoms with E-state index in [9.17, 15) is 0 Å². The van der Waals surface area contributed by atoms with E-state index in [-0.39, 0.29) is 0 Å². The van der Waals surface area contributed by atoms with Gasteiger partial charge in [0.25, 0.3) is 0 Å². The average molecular weight is 350 g/mol. The lowest BCUT2D eigenvalue weighted by Crippen LogP contribution is -2.47. The number of aryl methyl sites for hydroxylation is 1. The highest BCUT2D eigenvalue weighted by molar-refractivity contribution is 5.30. The molecule has 2 rings (SSSR count). The zero-order chi connectivity index (χ0) is 17.9. The van der Waals surface area contributed by atoms with Crippen molar-refractivity contribution in [1.29, 1.82) is 0 Å². The first-order chi connectivity index (χ1) is 12.2. The maximum absolute atomic E-state index is 5.74. The number of aromatic nitrogens is 2. The smallest absolute Gasteiger partial charge is 0.225 e. The van der Waals surface area contributed by atoms with Gasteiger partial charge in [0.2, 0.25) is 5.95 Å². The van der Waals surface area contributed by atoms with Gasteiger partial charge in [0.1, 0.15) is 0 Å². The molecule has 6 heteroatoms. The Kier molecular flexibility index (Phi) is 9.15. The van der Waals surface area contributed by atoms with E-state index in [0.29, 0.717) is 6.04 Å². The van der Waals surface area contributed by atoms with Crippen molar-refractivity contribution in [1.82, 2.24) is 20.2 Å². The lowest BCUT2D eigenvalue weighted by Gasteiger charge is -2.34. The summed E-state index contributed by atoms with van der Waals surface area (Å²) in [5.41, 5.74) is 1.11. The van der Waals surface area contributed by atoms with Gasteiger partial charge in [-0.05, 0) is 45.2 Å². The van der Waals surface area contributed by atoms with Crippen LogP contribution in [0.15, 0.2) is 12.4 Å². The van der Waals surface area contributed by atoms with Crippen LogP contribution in [0.3, 0.4) is 0 Å². The average Bonchev–Trinajstić information content (AvgIpc) is 2.65. The molecule has 0 radical (unpaired) electrons. The molecule has 0 aliphatic carbocycles.